The first-order chi connectivity index (χ1) is 9.06. The van der Waals surface area contributed by atoms with Crippen molar-refractivity contribution in [1.82, 2.24) is 5.32 Å². The van der Waals surface area contributed by atoms with E-state index in [1.165, 1.54) is 0 Å². The Kier molecular flexibility index (Phi) is 3.89. The SMILES string of the molecule is Nc1ccccc1NC(=O)NC(CC(=O)O)C1CC1. The van der Waals surface area contributed by atoms with Crippen LogP contribution in [0.5, 0.6) is 0 Å². The first-order valence-electron chi connectivity index (χ1n) is 6.20. The van der Waals surface area contributed by atoms with E-state index in [0.717, 1.165) is 12.8 Å². The van der Waals surface area contributed by atoms with Gasteiger partial charge in [0, 0.05) is 6.04 Å². The minimum absolute atomic E-state index is 0.0532. The lowest BCUT2D eigenvalue weighted by atomic mass is 10.1. The zero-order valence-electron chi connectivity index (χ0n) is 10.4. The highest BCUT2D eigenvalue weighted by Gasteiger charge is 2.33. The number of aliphatic carboxylic acids is 1. The van der Waals surface area contributed by atoms with Gasteiger partial charge in [-0.15, -0.1) is 0 Å². The van der Waals surface area contributed by atoms with Gasteiger partial charge in [-0.3, -0.25) is 4.79 Å². The number of carbonyl (C=O) groups excluding carboxylic acids is 1. The summed E-state index contributed by atoms with van der Waals surface area (Å²) in [5.41, 5.74) is 6.71. The van der Waals surface area contributed by atoms with E-state index in [-0.39, 0.29) is 18.4 Å². The smallest absolute Gasteiger partial charge is 0.319 e. The van der Waals surface area contributed by atoms with Crippen molar-refractivity contribution in [1.29, 1.82) is 0 Å². The van der Waals surface area contributed by atoms with Gasteiger partial charge in [0.15, 0.2) is 0 Å². The molecule has 1 aromatic rings. The minimum atomic E-state index is -0.906. The van der Waals surface area contributed by atoms with E-state index in [2.05, 4.69) is 10.6 Å². The van der Waals surface area contributed by atoms with Crippen molar-refractivity contribution < 1.29 is 14.7 Å². The van der Waals surface area contributed by atoms with Crippen LogP contribution >= 0.6 is 0 Å². The molecule has 1 aromatic carbocycles. The minimum Gasteiger partial charge on any atom is -0.481 e. The monoisotopic (exact) mass is 263 g/mol. The largest absolute Gasteiger partial charge is 0.481 e. The van der Waals surface area contributed by atoms with Gasteiger partial charge in [0.25, 0.3) is 0 Å². The van der Waals surface area contributed by atoms with Crippen LogP contribution in [0.2, 0.25) is 0 Å². The van der Waals surface area contributed by atoms with Crippen LogP contribution in [0.3, 0.4) is 0 Å². The highest BCUT2D eigenvalue weighted by atomic mass is 16.4. The lowest BCUT2D eigenvalue weighted by molar-refractivity contribution is -0.137. The van der Waals surface area contributed by atoms with Crippen LogP contribution in [-0.2, 0) is 4.79 Å². The Balaban J connectivity index is 1.92. The van der Waals surface area contributed by atoms with E-state index in [4.69, 9.17) is 10.8 Å². The van der Waals surface area contributed by atoms with E-state index in [1.807, 2.05) is 0 Å². The number of para-hydroxylation sites is 2. The molecular formula is C13H17N3O3. The van der Waals surface area contributed by atoms with Crippen molar-refractivity contribution in [3.05, 3.63) is 24.3 Å². The van der Waals surface area contributed by atoms with Crippen LogP contribution < -0.4 is 16.4 Å². The summed E-state index contributed by atoms with van der Waals surface area (Å²) in [6.45, 7) is 0. The maximum atomic E-state index is 11.8. The molecule has 1 aliphatic rings. The molecule has 0 bridgehead atoms. The summed E-state index contributed by atoms with van der Waals surface area (Å²) < 4.78 is 0. The average molecular weight is 263 g/mol. The fraction of sp³-hybridized carbons (Fsp3) is 0.385. The molecule has 1 fully saturated rings. The predicted octanol–water partition coefficient (Wildman–Crippen LogP) is 1.64. The molecule has 0 heterocycles. The number of nitrogen functional groups attached to an aromatic ring is 1. The van der Waals surface area contributed by atoms with Crippen molar-refractivity contribution in [3.8, 4) is 0 Å². The highest BCUT2D eigenvalue weighted by Crippen LogP contribution is 2.34. The van der Waals surface area contributed by atoms with E-state index in [1.54, 1.807) is 24.3 Å². The number of rotatable bonds is 5. The summed E-state index contributed by atoms with van der Waals surface area (Å²) in [6, 6.07) is 6.18. The number of anilines is 2. The number of carbonyl (C=O) groups is 2. The van der Waals surface area contributed by atoms with Gasteiger partial charge < -0.3 is 21.5 Å². The Morgan fingerprint density at radius 3 is 2.63 bits per heavy atom. The van der Waals surface area contributed by atoms with Gasteiger partial charge in [0.05, 0.1) is 17.8 Å². The number of carboxylic acids is 1. The standard InChI is InChI=1S/C13H17N3O3/c14-9-3-1-2-4-10(9)15-13(19)16-11(7-12(17)18)8-5-6-8/h1-4,8,11H,5-7,14H2,(H,17,18)(H2,15,16,19). The molecule has 2 amide bonds. The van der Waals surface area contributed by atoms with Crippen molar-refractivity contribution in [2.24, 2.45) is 5.92 Å². The molecule has 102 valence electrons. The Bertz CT molecular complexity index is 486. The summed E-state index contributed by atoms with van der Waals surface area (Å²) >= 11 is 0. The molecule has 0 radical (unpaired) electrons. The molecule has 19 heavy (non-hydrogen) atoms. The number of hydrogen-bond donors (Lipinski definition) is 4. The second-order valence-electron chi connectivity index (χ2n) is 4.73. The van der Waals surface area contributed by atoms with Crippen molar-refractivity contribution >= 4 is 23.4 Å². The Labute approximate surface area is 111 Å². The van der Waals surface area contributed by atoms with Crippen molar-refractivity contribution in [2.75, 3.05) is 11.1 Å². The molecule has 0 spiro atoms. The number of nitrogens with one attached hydrogen (secondary N) is 2. The zero-order chi connectivity index (χ0) is 13.8. The number of urea groups is 1. The number of amides is 2. The number of nitrogens with two attached hydrogens (primary N) is 1. The molecule has 6 nitrogen and oxygen atoms in total. The fourth-order valence-corrected chi connectivity index (χ4v) is 1.96. The highest BCUT2D eigenvalue weighted by molar-refractivity contribution is 5.92. The van der Waals surface area contributed by atoms with E-state index in [0.29, 0.717) is 11.4 Å². The lowest BCUT2D eigenvalue weighted by Gasteiger charge is -2.17. The number of hydrogen-bond acceptors (Lipinski definition) is 3. The van der Waals surface area contributed by atoms with Crippen LogP contribution in [0.4, 0.5) is 16.2 Å². The molecule has 5 N–H and O–H groups in total. The number of carboxylic acid groups (broad SMARTS) is 1. The molecular weight excluding hydrogens is 246 g/mol. The Morgan fingerprint density at radius 2 is 2.05 bits per heavy atom. The lowest BCUT2D eigenvalue weighted by Crippen LogP contribution is -2.40. The van der Waals surface area contributed by atoms with Gasteiger partial charge in [0.1, 0.15) is 0 Å². The van der Waals surface area contributed by atoms with Gasteiger partial charge in [-0.1, -0.05) is 12.1 Å². The van der Waals surface area contributed by atoms with Crippen LogP contribution in [-0.4, -0.2) is 23.1 Å². The van der Waals surface area contributed by atoms with Gasteiger partial charge in [-0.2, -0.15) is 0 Å². The maximum absolute atomic E-state index is 11.8. The third-order valence-electron chi connectivity index (χ3n) is 3.11. The summed E-state index contributed by atoms with van der Waals surface area (Å²) in [6.07, 6.45) is 1.87. The van der Waals surface area contributed by atoms with Crippen LogP contribution in [0.15, 0.2) is 24.3 Å². The van der Waals surface area contributed by atoms with Gasteiger partial charge in [-0.05, 0) is 30.9 Å². The van der Waals surface area contributed by atoms with E-state index in [9.17, 15) is 9.59 Å². The van der Waals surface area contributed by atoms with Crippen molar-refractivity contribution in [3.63, 3.8) is 0 Å². The molecule has 6 heteroatoms. The van der Waals surface area contributed by atoms with E-state index >= 15 is 0 Å². The molecule has 0 aromatic heterocycles. The molecule has 1 aliphatic carbocycles. The second kappa shape index (κ2) is 5.60. The summed E-state index contributed by atoms with van der Waals surface area (Å²) in [4.78, 5) is 22.6. The predicted molar refractivity (Wildman–Crippen MR) is 71.8 cm³/mol. The Morgan fingerprint density at radius 1 is 1.37 bits per heavy atom. The maximum Gasteiger partial charge on any atom is 0.319 e. The van der Waals surface area contributed by atoms with Gasteiger partial charge >= 0.3 is 12.0 Å². The first-order valence-corrected chi connectivity index (χ1v) is 6.20. The fourth-order valence-electron chi connectivity index (χ4n) is 1.96. The molecule has 2 rings (SSSR count). The molecule has 0 aliphatic heterocycles. The van der Waals surface area contributed by atoms with Crippen molar-refractivity contribution in [2.45, 2.75) is 25.3 Å². The Hall–Kier alpha value is -2.24. The molecule has 0 saturated heterocycles. The summed E-state index contributed by atoms with van der Waals surface area (Å²) in [7, 11) is 0. The second-order valence-corrected chi connectivity index (χ2v) is 4.73. The molecule has 1 atom stereocenters. The average Bonchev–Trinajstić information content (AvgIpc) is 3.14. The first kappa shape index (κ1) is 13.2. The third-order valence-corrected chi connectivity index (χ3v) is 3.11. The number of benzene rings is 1. The summed E-state index contributed by atoms with van der Waals surface area (Å²) in [5.74, 6) is -0.633. The molecule has 1 saturated carbocycles. The molecule has 1 unspecified atom stereocenters. The van der Waals surface area contributed by atoms with Gasteiger partial charge in [0.2, 0.25) is 0 Å². The summed E-state index contributed by atoms with van der Waals surface area (Å²) in [5, 5.41) is 14.1. The van der Waals surface area contributed by atoms with Crippen LogP contribution in [0.1, 0.15) is 19.3 Å². The topological polar surface area (TPSA) is 104 Å². The normalized spacial score (nSPS) is 15.6. The van der Waals surface area contributed by atoms with Crippen LogP contribution in [0.25, 0.3) is 0 Å². The zero-order valence-corrected chi connectivity index (χ0v) is 10.4. The third kappa shape index (κ3) is 3.87. The van der Waals surface area contributed by atoms with Gasteiger partial charge in [-0.25, -0.2) is 4.79 Å². The quantitative estimate of drug-likeness (QED) is 0.606. The van der Waals surface area contributed by atoms with E-state index < -0.39 is 12.0 Å². The van der Waals surface area contributed by atoms with Crippen LogP contribution in [0, 0.1) is 5.92 Å².